The van der Waals surface area contributed by atoms with Gasteiger partial charge in [0.15, 0.2) is 5.96 Å². The van der Waals surface area contributed by atoms with Crippen molar-refractivity contribution >= 4 is 11.6 Å². The summed E-state index contributed by atoms with van der Waals surface area (Å²) >= 11 is 0. The molecule has 0 aliphatic heterocycles. The third-order valence-electron chi connectivity index (χ3n) is 3.56. The van der Waals surface area contributed by atoms with Crippen molar-refractivity contribution in [1.82, 2.24) is 4.98 Å². The normalized spacial score (nSPS) is 11.5. The smallest absolute Gasteiger partial charge is 0.226 e. The first kappa shape index (κ1) is 16.7. The number of aromatic nitrogens is 1. The molecule has 0 bridgehead atoms. The van der Waals surface area contributed by atoms with Crippen molar-refractivity contribution in [3.63, 3.8) is 0 Å². The van der Waals surface area contributed by atoms with Crippen molar-refractivity contribution in [2.75, 3.05) is 12.4 Å². The Labute approximate surface area is 146 Å². The number of guanidine groups is 1. The predicted octanol–water partition coefficient (Wildman–Crippen LogP) is 3.41. The Bertz CT molecular complexity index is 843. The van der Waals surface area contributed by atoms with Crippen molar-refractivity contribution < 1.29 is 9.15 Å². The molecule has 6 nitrogen and oxygen atoms in total. The summed E-state index contributed by atoms with van der Waals surface area (Å²) in [6.07, 6.45) is 1.60. The van der Waals surface area contributed by atoms with Crippen LogP contribution >= 0.6 is 0 Å². The van der Waals surface area contributed by atoms with Crippen LogP contribution in [-0.2, 0) is 17.9 Å². The van der Waals surface area contributed by atoms with Gasteiger partial charge in [0, 0.05) is 23.9 Å². The number of rotatable bonds is 6. The maximum Gasteiger partial charge on any atom is 0.226 e. The van der Waals surface area contributed by atoms with E-state index >= 15 is 0 Å². The molecule has 0 saturated heterocycles. The van der Waals surface area contributed by atoms with Crippen molar-refractivity contribution in [2.45, 2.75) is 13.2 Å². The zero-order valence-electron chi connectivity index (χ0n) is 14.0. The van der Waals surface area contributed by atoms with Crippen LogP contribution in [0.4, 0.5) is 5.69 Å². The van der Waals surface area contributed by atoms with Crippen LogP contribution in [0.1, 0.15) is 11.3 Å². The molecule has 0 aliphatic carbocycles. The summed E-state index contributed by atoms with van der Waals surface area (Å²) < 4.78 is 10.7. The maximum atomic E-state index is 5.98. The zero-order chi connectivity index (χ0) is 17.5. The van der Waals surface area contributed by atoms with Gasteiger partial charge in [-0.15, -0.1) is 0 Å². The number of oxazole rings is 1. The number of hydrogen-bond donors (Lipinski definition) is 2. The zero-order valence-corrected chi connectivity index (χ0v) is 14.0. The minimum absolute atomic E-state index is 0.313. The fraction of sp³-hybridized carbons (Fsp3) is 0.158. The fourth-order valence-corrected chi connectivity index (χ4v) is 2.36. The number of aliphatic imine (C=N–C) groups is 1. The summed E-state index contributed by atoms with van der Waals surface area (Å²) in [6.45, 7) is 0.835. The topological polar surface area (TPSA) is 85.7 Å². The number of methoxy groups -OCH3 is 1. The molecule has 1 heterocycles. The highest BCUT2D eigenvalue weighted by Crippen LogP contribution is 2.18. The fourth-order valence-electron chi connectivity index (χ4n) is 2.36. The molecule has 0 unspecified atom stereocenters. The quantitative estimate of drug-likeness (QED) is 0.532. The maximum absolute atomic E-state index is 5.98. The van der Waals surface area contributed by atoms with E-state index in [-0.39, 0.29) is 0 Å². The Balaban J connectivity index is 1.65. The number of anilines is 1. The van der Waals surface area contributed by atoms with E-state index in [1.165, 1.54) is 0 Å². The summed E-state index contributed by atoms with van der Waals surface area (Å²) in [5, 5.41) is 3.09. The Morgan fingerprint density at radius 3 is 2.72 bits per heavy atom. The largest absolute Gasteiger partial charge is 0.444 e. The molecule has 0 fully saturated rings. The van der Waals surface area contributed by atoms with E-state index in [1.807, 2.05) is 54.6 Å². The average molecular weight is 336 g/mol. The third-order valence-corrected chi connectivity index (χ3v) is 3.56. The number of benzene rings is 2. The number of hydrogen-bond acceptors (Lipinski definition) is 4. The second-order valence-corrected chi connectivity index (χ2v) is 5.43. The first-order valence-corrected chi connectivity index (χ1v) is 7.90. The number of nitrogens with two attached hydrogens (primary N) is 1. The second kappa shape index (κ2) is 8.12. The highest BCUT2D eigenvalue weighted by Gasteiger charge is 2.06. The molecule has 3 aromatic rings. The summed E-state index contributed by atoms with van der Waals surface area (Å²) in [6, 6.07) is 17.5. The highest BCUT2D eigenvalue weighted by molar-refractivity contribution is 5.92. The molecular formula is C19H20N4O2. The first-order valence-electron chi connectivity index (χ1n) is 7.90. The minimum atomic E-state index is 0.313. The van der Waals surface area contributed by atoms with Gasteiger partial charge in [0.25, 0.3) is 0 Å². The van der Waals surface area contributed by atoms with Crippen LogP contribution < -0.4 is 11.1 Å². The van der Waals surface area contributed by atoms with E-state index in [1.54, 1.807) is 13.4 Å². The van der Waals surface area contributed by atoms with Gasteiger partial charge in [-0.3, -0.25) is 0 Å². The van der Waals surface area contributed by atoms with Crippen molar-refractivity contribution in [1.29, 1.82) is 0 Å². The van der Waals surface area contributed by atoms with Gasteiger partial charge in [0.05, 0.1) is 13.2 Å². The van der Waals surface area contributed by atoms with Crippen molar-refractivity contribution in [3.8, 4) is 11.5 Å². The third kappa shape index (κ3) is 4.45. The molecule has 0 aliphatic rings. The highest BCUT2D eigenvalue weighted by atomic mass is 16.5. The second-order valence-electron chi connectivity index (χ2n) is 5.43. The van der Waals surface area contributed by atoms with Gasteiger partial charge in [-0.05, 0) is 18.2 Å². The lowest BCUT2D eigenvalue weighted by atomic mass is 10.2. The van der Waals surface area contributed by atoms with E-state index in [0.717, 1.165) is 16.8 Å². The van der Waals surface area contributed by atoms with Crippen LogP contribution in [0.2, 0.25) is 0 Å². The molecule has 128 valence electrons. The summed E-state index contributed by atoms with van der Waals surface area (Å²) in [5.41, 5.74) is 9.50. The van der Waals surface area contributed by atoms with Gasteiger partial charge in [0.2, 0.25) is 5.89 Å². The number of nitrogens with zero attached hydrogens (tertiary/aromatic N) is 2. The van der Waals surface area contributed by atoms with Crippen LogP contribution in [0.25, 0.3) is 11.5 Å². The lowest BCUT2D eigenvalue weighted by Crippen LogP contribution is -2.23. The molecule has 0 atom stereocenters. The number of para-hydroxylation sites is 1. The lowest BCUT2D eigenvalue weighted by Gasteiger charge is -2.10. The van der Waals surface area contributed by atoms with Gasteiger partial charge in [-0.2, -0.15) is 0 Å². The molecule has 25 heavy (non-hydrogen) atoms. The van der Waals surface area contributed by atoms with Crippen molar-refractivity contribution in [2.24, 2.45) is 10.7 Å². The summed E-state index contributed by atoms with van der Waals surface area (Å²) in [5.74, 6) is 0.885. The molecule has 6 heteroatoms. The monoisotopic (exact) mass is 336 g/mol. The van der Waals surface area contributed by atoms with Crippen LogP contribution in [0.5, 0.6) is 0 Å². The minimum Gasteiger partial charge on any atom is -0.444 e. The first-order chi connectivity index (χ1) is 12.3. The van der Waals surface area contributed by atoms with E-state index in [9.17, 15) is 0 Å². The molecule has 1 aromatic heterocycles. The average Bonchev–Trinajstić information content (AvgIpc) is 3.12. The van der Waals surface area contributed by atoms with Gasteiger partial charge in [-0.25, -0.2) is 9.98 Å². The number of ether oxygens (including phenoxy) is 1. The Morgan fingerprint density at radius 2 is 1.92 bits per heavy atom. The molecule has 0 amide bonds. The lowest BCUT2D eigenvalue weighted by molar-refractivity contribution is 0.185. The van der Waals surface area contributed by atoms with Crippen LogP contribution in [-0.4, -0.2) is 18.1 Å². The molecule has 2 aromatic carbocycles. The van der Waals surface area contributed by atoms with Crippen molar-refractivity contribution in [3.05, 3.63) is 72.1 Å². The molecule has 0 saturated carbocycles. The van der Waals surface area contributed by atoms with E-state index in [4.69, 9.17) is 14.9 Å². The summed E-state index contributed by atoms with van der Waals surface area (Å²) in [7, 11) is 1.66. The summed E-state index contributed by atoms with van der Waals surface area (Å²) in [4.78, 5) is 8.75. The van der Waals surface area contributed by atoms with Crippen LogP contribution in [0.3, 0.4) is 0 Å². The Kier molecular flexibility index (Phi) is 5.43. The van der Waals surface area contributed by atoms with E-state index in [0.29, 0.717) is 30.7 Å². The molecule has 0 radical (unpaired) electrons. The van der Waals surface area contributed by atoms with Gasteiger partial charge in [0.1, 0.15) is 12.0 Å². The number of nitrogens with one attached hydrogen (secondary N) is 1. The van der Waals surface area contributed by atoms with Crippen LogP contribution in [0.15, 0.2) is 70.3 Å². The van der Waals surface area contributed by atoms with Gasteiger partial charge in [-0.1, -0.05) is 36.4 Å². The van der Waals surface area contributed by atoms with E-state index in [2.05, 4.69) is 15.3 Å². The molecule has 0 spiro atoms. The SMILES string of the molecule is COCc1ccccc1NC(N)=NCc1coc(-c2ccccc2)n1. The Morgan fingerprint density at radius 1 is 1.16 bits per heavy atom. The van der Waals surface area contributed by atoms with Crippen LogP contribution in [0, 0.1) is 0 Å². The van der Waals surface area contributed by atoms with E-state index < -0.39 is 0 Å². The van der Waals surface area contributed by atoms with Gasteiger partial charge < -0.3 is 20.2 Å². The molecule has 3 rings (SSSR count). The standard InChI is InChI=1S/C19H20N4O2/c1-24-12-15-9-5-6-10-17(15)23-19(20)21-11-16-13-25-18(22-16)14-7-3-2-4-8-14/h2-10,13H,11-12H2,1H3,(H3,20,21,23). The van der Waals surface area contributed by atoms with Gasteiger partial charge >= 0.3 is 0 Å². The predicted molar refractivity (Wildman–Crippen MR) is 98.0 cm³/mol. The molecule has 3 N–H and O–H groups in total. The Hall–Kier alpha value is -3.12. The molecular weight excluding hydrogens is 316 g/mol.